The summed E-state index contributed by atoms with van der Waals surface area (Å²) < 4.78 is 3.25. The maximum Gasteiger partial charge on any atom is 0.327 e. The first-order chi connectivity index (χ1) is 28.3. The highest BCUT2D eigenvalue weighted by Gasteiger charge is 2.21. The van der Waals surface area contributed by atoms with Gasteiger partial charge in [0.05, 0.1) is 22.4 Å². The molecule has 2 amide bonds. The molecule has 2 saturated heterocycles. The topological polar surface area (TPSA) is 107 Å². The van der Waals surface area contributed by atoms with Crippen molar-refractivity contribution in [2.45, 2.75) is 38.5 Å². The first kappa shape index (κ1) is 40.5. The molecule has 6 aromatic rings. The zero-order valence-electron chi connectivity index (χ0n) is 34.4. The highest BCUT2D eigenvalue weighted by Crippen LogP contribution is 2.28. The molecule has 0 radical (unpaired) electrons. The number of amides is 2. The van der Waals surface area contributed by atoms with Gasteiger partial charge in [-0.1, -0.05) is 86.6 Å². The lowest BCUT2D eigenvalue weighted by Crippen LogP contribution is -2.44. The molecule has 2 aliphatic heterocycles. The number of fused-ring (bicyclic) bond motifs is 2. The Morgan fingerprint density at radius 2 is 0.914 bits per heavy atom. The molecule has 0 aliphatic carbocycles. The van der Waals surface area contributed by atoms with Crippen LogP contribution in [0, 0.1) is 0 Å². The Morgan fingerprint density at radius 1 is 0.534 bits per heavy atom. The number of benzene rings is 4. The standard InChI is InChI=1S/2C23H29N5O/c2*1-18(19-7-4-3-5-8-19)11-12-24-23(29)28-17-25-22-20(9-6-10-21(22)28)27-15-13-26(2)14-16-27/h2*3-10,17-18H,11-16H2,1-2H3,(H,24,29)/t2*18-/m10/s1. The molecule has 0 spiro atoms. The second-order valence-corrected chi connectivity index (χ2v) is 15.8. The van der Waals surface area contributed by atoms with Crippen LogP contribution in [0.3, 0.4) is 0 Å². The number of nitrogens with zero attached hydrogens (tertiary/aromatic N) is 8. The van der Waals surface area contributed by atoms with E-state index in [1.165, 1.54) is 11.1 Å². The molecule has 58 heavy (non-hydrogen) atoms. The van der Waals surface area contributed by atoms with E-state index in [-0.39, 0.29) is 12.1 Å². The molecule has 12 heteroatoms. The van der Waals surface area contributed by atoms with Gasteiger partial charge in [0, 0.05) is 65.4 Å². The summed E-state index contributed by atoms with van der Waals surface area (Å²) in [6, 6.07) is 32.7. The summed E-state index contributed by atoms with van der Waals surface area (Å²) in [7, 11) is 4.30. The second kappa shape index (κ2) is 19.1. The first-order valence-corrected chi connectivity index (χ1v) is 20.7. The van der Waals surface area contributed by atoms with Gasteiger partial charge in [0.1, 0.15) is 23.7 Å². The Hall–Kier alpha value is -5.72. The van der Waals surface area contributed by atoms with Crippen molar-refractivity contribution in [3.8, 4) is 0 Å². The number of piperazine rings is 2. The van der Waals surface area contributed by atoms with Gasteiger partial charge in [-0.2, -0.15) is 0 Å². The number of imidazole rings is 2. The molecule has 2 N–H and O–H groups in total. The van der Waals surface area contributed by atoms with Gasteiger partial charge in [0.2, 0.25) is 0 Å². The average Bonchev–Trinajstić information content (AvgIpc) is 3.91. The molecule has 0 saturated carbocycles. The first-order valence-electron chi connectivity index (χ1n) is 20.7. The van der Waals surface area contributed by atoms with Crippen LogP contribution in [0.2, 0.25) is 0 Å². The number of rotatable bonds is 10. The number of anilines is 2. The predicted octanol–water partition coefficient (Wildman–Crippen LogP) is 7.08. The minimum Gasteiger partial charge on any atom is -0.367 e. The molecule has 2 atom stereocenters. The Morgan fingerprint density at radius 3 is 1.29 bits per heavy atom. The summed E-state index contributed by atoms with van der Waals surface area (Å²) in [5.41, 5.74) is 8.32. The molecule has 4 aromatic carbocycles. The minimum absolute atomic E-state index is 0.122. The highest BCUT2D eigenvalue weighted by molar-refractivity contribution is 5.96. The van der Waals surface area contributed by atoms with Crippen molar-refractivity contribution in [2.24, 2.45) is 0 Å². The quantitative estimate of drug-likeness (QED) is 0.152. The predicted molar refractivity (Wildman–Crippen MR) is 235 cm³/mol. The van der Waals surface area contributed by atoms with Crippen LogP contribution in [-0.2, 0) is 0 Å². The SMILES string of the molecule is C[C@@H](CCNC(=O)n1cnc2c(N3CCN(C)CC3)cccc21)c1ccccc1.C[C@H](CCNC(=O)n1cnc2c(N3CCN(C)CC3)cccc21)c1ccccc1. The van der Waals surface area contributed by atoms with E-state index in [2.05, 4.69) is 129 Å². The number of nitrogens with one attached hydrogen (secondary N) is 2. The van der Waals surface area contributed by atoms with E-state index in [1.54, 1.807) is 21.8 Å². The van der Waals surface area contributed by atoms with Crippen LogP contribution >= 0.6 is 0 Å². The summed E-state index contributed by atoms with van der Waals surface area (Å²) in [5.74, 6) is 0.805. The van der Waals surface area contributed by atoms with E-state index in [1.807, 2.05) is 36.4 Å². The van der Waals surface area contributed by atoms with Crippen LogP contribution in [-0.4, -0.2) is 121 Å². The zero-order valence-corrected chi connectivity index (χ0v) is 34.4. The van der Waals surface area contributed by atoms with Gasteiger partial charge in [0.15, 0.2) is 0 Å². The molecule has 2 aromatic heterocycles. The molecular formula is C46H58N10O2. The van der Waals surface area contributed by atoms with E-state index in [9.17, 15) is 9.59 Å². The fraction of sp³-hybridized carbons (Fsp3) is 0.391. The van der Waals surface area contributed by atoms with Gasteiger partial charge in [-0.3, -0.25) is 9.13 Å². The number of hydrogen-bond donors (Lipinski definition) is 2. The van der Waals surface area contributed by atoms with Crippen molar-refractivity contribution in [2.75, 3.05) is 89.3 Å². The Balaban J connectivity index is 0.000000177. The van der Waals surface area contributed by atoms with Crippen LogP contribution in [0.1, 0.15) is 49.7 Å². The van der Waals surface area contributed by atoms with Crippen molar-refractivity contribution >= 4 is 45.5 Å². The summed E-state index contributed by atoms with van der Waals surface area (Å²) in [6.45, 7) is 13.7. The zero-order chi connectivity index (χ0) is 40.4. The summed E-state index contributed by atoms with van der Waals surface area (Å²) in [5, 5.41) is 6.09. The van der Waals surface area contributed by atoms with Gasteiger partial charge in [-0.25, -0.2) is 19.6 Å². The van der Waals surface area contributed by atoms with Crippen molar-refractivity contribution in [1.29, 1.82) is 0 Å². The highest BCUT2D eigenvalue weighted by atomic mass is 16.2. The maximum absolute atomic E-state index is 12.8. The van der Waals surface area contributed by atoms with E-state index in [0.29, 0.717) is 24.9 Å². The third-order valence-electron chi connectivity index (χ3n) is 11.7. The molecule has 4 heterocycles. The summed E-state index contributed by atoms with van der Waals surface area (Å²) in [6.07, 6.45) is 5.07. The third kappa shape index (κ3) is 9.69. The van der Waals surface area contributed by atoms with Crippen LogP contribution in [0.15, 0.2) is 110 Å². The summed E-state index contributed by atoms with van der Waals surface area (Å²) in [4.78, 5) is 44.0. The van der Waals surface area contributed by atoms with Crippen LogP contribution in [0.4, 0.5) is 21.0 Å². The molecule has 12 nitrogen and oxygen atoms in total. The van der Waals surface area contributed by atoms with Crippen molar-refractivity contribution < 1.29 is 9.59 Å². The van der Waals surface area contributed by atoms with Gasteiger partial charge < -0.3 is 30.2 Å². The lowest BCUT2D eigenvalue weighted by molar-refractivity contribution is 0.242. The van der Waals surface area contributed by atoms with E-state index >= 15 is 0 Å². The van der Waals surface area contributed by atoms with E-state index < -0.39 is 0 Å². The molecule has 2 fully saturated rings. The number of carbonyl (C=O) groups is 2. The number of aromatic nitrogens is 4. The largest absolute Gasteiger partial charge is 0.367 e. The molecule has 8 rings (SSSR count). The molecular weight excluding hydrogens is 725 g/mol. The van der Waals surface area contributed by atoms with Crippen LogP contribution in [0.5, 0.6) is 0 Å². The Labute approximate surface area is 342 Å². The smallest absolute Gasteiger partial charge is 0.327 e. The molecule has 0 unspecified atom stereocenters. The van der Waals surface area contributed by atoms with Gasteiger partial charge in [-0.05, 0) is 74.2 Å². The number of likely N-dealkylation sites (N-methyl/N-ethyl adjacent to an activating group) is 2. The van der Waals surface area contributed by atoms with Crippen molar-refractivity contribution in [3.63, 3.8) is 0 Å². The van der Waals surface area contributed by atoms with Gasteiger partial charge in [-0.15, -0.1) is 0 Å². The Kier molecular flexibility index (Phi) is 13.4. The third-order valence-corrected chi connectivity index (χ3v) is 11.7. The van der Waals surface area contributed by atoms with Gasteiger partial charge >= 0.3 is 12.1 Å². The van der Waals surface area contributed by atoms with Crippen molar-refractivity contribution in [1.82, 2.24) is 39.5 Å². The second-order valence-electron chi connectivity index (χ2n) is 15.8. The van der Waals surface area contributed by atoms with E-state index in [4.69, 9.17) is 0 Å². The Bertz CT molecular complexity index is 2080. The van der Waals surface area contributed by atoms with Crippen LogP contribution < -0.4 is 20.4 Å². The van der Waals surface area contributed by atoms with Crippen LogP contribution in [0.25, 0.3) is 22.1 Å². The lowest BCUT2D eigenvalue weighted by Gasteiger charge is -2.34. The molecule has 0 bridgehead atoms. The molecule has 304 valence electrons. The summed E-state index contributed by atoms with van der Waals surface area (Å²) >= 11 is 0. The average molecular weight is 783 g/mol. The monoisotopic (exact) mass is 782 g/mol. The van der Waals surface area contributed by atoms with Gasteiger partial charge in [0.25, 0.3) is 0 Å². The van der Waals surface area contributed by atoms with E-state index in [0.717, 1.165) is 98.6 Å². The number of hydrogen-bond acceptors (Lipinski definition) is 8. The number of para-hydroxylation sites is 2. The lowest BCUT2D eigenvalue weighted by atomic mass is 9.98. The molecule has 2 aliphatic rings. The fourth-order valence-electron chi connectivity index (χ4n) is 7.83. The number of carbonyl (C=O) groups excluding carboxylic acids is 2. The van der Waals surface area contributed by atoms with Crippen molar-refractivity contribution in [3.05, 3.63) is 121 Å². The minimum atomic E-state index is -0.122. The fourth-order valence-corrected chi connectivity index (χ4v) is 7.83. The normalized spacial score (nSPS) is 16.1. The maximum atomic E-state index is 12.8.